The Hall–Kier alpha value is -1.53. The molecular formula is C24H39BO5. The van der Waals surface area contributed by atoms with Crippen molar-refractivity contribution < 1.29 is 23.6 Å². The predicted molar refractivity (Wildman–Crippen MR) is 121 cm³/mol. The molecule has 1 aliphatic rings. The van der Waals surface area contributed by atoms with E-state index in [9.17, 15) is 4.79 Å². The zero-order chi connectivity index (χ0) is 22.8. The van der Waals surface area contributed by atoms with Gasteiger partial charge in [-0.3, -0.25) is 4.79 Å². The number of aryl methyl sites for hydroxylation is 1. The van der Waals surface area contributed by atoms with Crippen molar-refractivity contribution in [1.29, 1.82) is 0 Å². The minimum atomic E-state index is -0.485. The first-order chi connectivity index (χ1) is 13.7. The molecule has 6 heteroatoms. The number of carbonyl (C=O) groups is 1. The number of hydrogen-bond donors (Lipinski definition) is 0. The van der Waals surface area contributed by atoms with Gasteiger partial charge in [0.05, 0.1) is 18.3 Å². The fraction of sp³-hybridized carbons (Fsp3) is 0.708. The molecule has 2 rings (SSSR count). The maximum atomic E-state index is 12.4. The SMILES string of the molecule is COc1ccc(CC[C@](C)(CCC(=O)OC(C)(C)C)B2OC(C)(C)C(C)(C)O2)cc1. The number of benzene rings is 1. The van der Waals surface area contributed by atoms with E-state index in [1.165, 1.54) is 5.56 Å². The van der Waals surface area contributed by atoms with Gasteiger partial charge in [-0.25, -0.2) is 0 Å². The summed E-state index contributed by atoms with van der Waals surface area (Å²) in [5.41, 5.74) is -0.0904. The van der Waals surface area contributed by atoms with Crippen LogP contribution < -0.4 is 4.74 Å². The average Bonchev–Trinajstić information content (AvgIpc) is 2.85. The Bertz CT molecular complexity index is 704. The smallest absolute Gasteiger partial charge is 0.464 e. The van der Waals surface area contributed by atoms with E-state index >= 15 is 0 Å². The summed E-state index contributed by atoms with van der Waals surface area (Å²) in [6.45, 7) is 16.1. The molecule has 0 bridgehead atoms. The highest BCUT2D eigenvalue weighted by molar-refractivity contribution is 6.49. The van der Waals surface area contributed by atoms with Crippen molar-refractivity contribution in [3.8, 4) is 5.75 Å². The maximum Gasteiger partial charge on any atom is 0.464 e. The molecule has 1 atom stereocenters. The minimum absolute atomic E-state index is 0.185. The zero-order valence-electron chi connectivity index (χ0n) is 20.3. The quantitative estimate of drug-likeness (QED) is 0.406. The summed E-state index contributed by atoms with van der Waals surface area (Å²) in [4.78, 5) is 12.4. The molecule has 168 valence electrons. The van der Waals surface area contributed by atoms with Gasteiger partial charge in [0.15, 0.2) is 0 Å². The summed E-state index contributed by atoms with van der Waals surface area (Å²) in [6.07, 6.45) is 2.66. The number of methoxy groups -OCH3 is 1. The van der Waals surface area contributed by atoms with Gasteiger partial charge < -0.3 is 18.8 Å². The van der Waals surface area contributed by atoms with E-state index in [0.29, 0.717) is 12.8 Å². The maximum absolute atomic E-state index is 12.4. The first-order valence-electron chi connectivity index (χ1n) is 10.9. The topological polar surface area (TPSA) is 54.0 Å². The van der Waals surface area contributed by atoms with Crippen molar-refractivity contribution in [1.82, 2.24) is 0 Å². The fourth-order valence-electron chi connectivity index (χ4n) is 3.49. The van der Waals surface area contributed by atoms with Crippen LogP contribution in [0.2, 0.25) is 5.31 Å². The average molecular weight is 418 g/mol. The van der Waals surface area contributed by atoms with Crippen LogP contribution in [-0.2, 0) is 25.3 Å². The molecule has 0 amide bonds. The number of ether oxygens (including phenoxy) is 2. The van der Waals surface area contributed by atoms with Crippen LogP contribution in [-0.4, -0.2) is 37.0 Å². The number of carbonyl (C=O) groups excluding carboxylic acids is 1. The van der Waals surface area contributed by atoms with Crippen molar-refractivity contribution >= 4 is 13.1 Å². The van der Waals surface area contributed by atoms with Crippen LogP contribution in [0, 0.1) is 0 Å². The lowest BCUT2D eigenvalue weighted by Gasteiger charge is -2.32. The fourth-order valence-corrected chi connectivity index (χ4v) is 3.49. The van der Waals surface area contributed by atoms with Gasteiger partial charge in [-0.05, 0) is 85.4 Å². The molecule has 1 aliphatic heterocycles. The summed E-state index contributed by atoms with van der Waals surface area (Å²) in [5.74, 6) is 0.659. The lowest BCUT2D eigenvalue weighted by atomic mass is 9.54. The van der Waals surface area contributed by atoms with Gasteiger partial charge in [0.25, 0.3) is 0 Å². The van der Waals surface area contributed by atoms with Crippen molar-refractivity contribution in [3.05, 3.63) is 29.8 Å². The Balaban J connectivity index is 2.15. The van der Waals surface area contributed by atoms with E-state index in [4.69, 9.17) is 18.8 Å². The second kappa shape index (κ2) is 8.92. The van der Waals surface area contributed by atoms with Gasteiger partial charge in [0, 0.05) is 11.7 Å². The summed E-state index contributed by atoms with van der Waals surface area (Å²) >= 11 is 0. The van der Waals surface area contributed by atoms with Crippen LogP contribution in [0.3, 0.4) is 0 Å². The van der Waals surface area contributed by atoms with Crippen molar-refractivity contribution in [2.75, 3.05) is 7.11 Å². The molecule has 1 fully saturated rings. The van der Waals surface area contributed by atoms with E-state index in [1.807, 2.05) is 32.9 Å². The molecule has 0 aromatic heterocycles. The molecule has 0 saturated carbocycles. The highest BCUT2D eigenvalue weighted by atomic mass is 16.7. The second-order valence-corrected chi connectivity index (χ2v) is 10.7. The Labute approximate surface area is 183 Å². The van der Waals surface area contributed by atoms with Gasteiger partial charge >= 0.3 is 13.1 Å². The van der Waals surface area contributed by atoms with Gasteiger partial charge in [0.1, 0.15) is 11.4 Å². The molecule has 1 aromatic rings. The third-order valence-corrected chi connectivity index (χ3v) is 6.29. The first-order valence-corrected chi connectivity index (χ1v) is 10.9. The van der Waals surface area contributed by atoms with Gasteiger partial charge in [-0.1, -0.05) is 19.1 Å². The molecule has 0 radical (unpaired) electrons. The van der Waals surface area contributed by atoms with E-state index in [1.54, 1.807) is 7.11 Å². The standard InChI is InChI=1S/C24H39BO5/c1-21(2,3)28-20(26)15-17-24(8,25-29-22(4,5)23(6,7)30-25)16-14-18-10-12-19(27-9)13-11-18/h10-13H,14-17H2,1-9H3/t24-/m1/s1. The Morgan fingerprint density at radius 2 is 1.50 bits per heavy atom. The minimum Gasteiger partial charge on any atom is -0.497 e. The van der Waals surface area contributed by atoms with E-state index in [-0.39, 0.29) is 18.4 Å². The monoisotopic (exact) mass is 418 g/mol. The van der Waals surface area contributed by atoms with Gasteiger partial charge in [-0.2, -0.15) is 0 Å². The van der Waals surface area contributed by atoms with Crippen molar-refractivity contribution in [2.45, 2.75) is 103 Å². The van der Waals surface area contributed by atoms with E-state index in [2.05, 4.69) is 46.8 Å². The molecule has 1 heterocycles. The Morgan fingerprint density at radius 3 is 1.97 bits per heavy atom. The van der Waals surface area contributed by atoms with Gasteiger partial charge in [-0.15, -0.1) is 0 Å². The lowest BCUT2D eigenvalue weighted by Crippen LogP contribution is -2.41. The lowest BCUT2D eigenvalue weighted by molar-refractivity contribution is -0.155. The summed E-state index contributed by atoms with van der Waals surface area (Å²) in [7, 11) is 1.28. The highest BCUT2D eigenvalue weighted by Gasteiger charge is 2.57. The molecular weight excluding hydrogens is 379 g/mol. The molecule has 0 N–H and O–H groups in total. The molecule has 0 spiro atoms. The van der Waals surface area contributed by atoms with Crippen LogP contribution in [0.5, 0.6) is 5.75 Å². The second-order valence-electron chi connectivity index (χ2n) is 10.7. The van der Waals surface area contributed by atoms with Crippen LogP contribution in [0.25, 0.3) is 0 Å². The van der Waals surface area contributed by atoms with Crippen molar-refractivity contribution in [2.24, 2.45) is 0 Å². The number of esters is 1. The van der Waals surface area contributed by atoms with Gasteiger partial charge in [0.2, 0.25) is 0 Å². The summed E-state index contributed by atoms with van der Waals surface area (Å²) in [6, 6.07) is 8.11. The van der Waals surface area contributed by atoms with Crippen LogP contribution in [0.15, 0.2) is 24.3 Å². The molecule has 5 nitrogen and oxygen atoms in total. The number of rotatable bonds is 8. The van der Waals surface area contributed by atoms with Crippen molar-refractivity contribution in [3.63, 3.8) is 0 Å². The first kappa shape index (κ1) is 24.7. The molecule has 0 unspecified atom stereocenters. The zero-order valence-corrected chi connectivity index (χ0v) is 20.3. The normalized spacial score (nSPS) is 20.0. The predicted octanol–water partition coefficient (Wildman–Crippen LogP) is 5.60. The summed E-state index contributed by atoms with van der Waals surface area (Å²) in [5, 5.41) is -0.331. The largest absolute Gasteiger partial charge is 0.497 e. The van der Waals surface area contributed by atoms with Crippen LogP contribution >= 0.6 is 0 Å². The molecule has 30 heavy (non-hydrogen) atoms. The Morgan fingerprint density at radius 1 is 0.967 bits per heavy atom. The van der Waals surface area contributed by atoms with Crippen LogP contribution in [0.4, 0.5) is 0 Å². The molecule has 0 aliphatic carbocycles. The highest BCUT2D eigenvalue weighted by Crippen LogP contribution is 2.49. The molecule has 1 aromatic carbocycles. The van der Waals surface area contributed by atoms with E-state index < -0.39 is 16.8 Å². The van der Waals surface area contributed by atoms with Crippen LogP contribution in [0.1, 0.15) is 80.2 Å². The number of hydrogen-bond acceptors (Lipinski definition) is 5. The molecule has 1 saturated heterocycles. The third-order valence-electron chi connectivity index (χ3n) is 6.29. The third kappa shape index (κ3) is 6.24. The summed E-state index contributed by atoms with van der Waals surface area (Å²) < 4.78 is 23.6. The van der Waals surface area contributed by atoms with E-state index in [0.717, 1.165) is 18.6 Å². The Kier molecular flexibility index (Phi) is 7.35.